The number of para-hydroxylation sites is 1. The highest BCUT2D eigenvalue weighted by molar-refractivity contribution is 5.83. The number of H-pyrrole nitrogens is 1. The van der Waals surface area contributed by atoms with E-state index in [4.69, 9.17) is 0 Å². The molecule has 0 bridgehead atoms. The number of hydrogen-bond donors (Lipinski definition) is 1. The van der Waals surface area contributed by atoms with Crippen LogP contribution in [0.25, 0.3) is 16.7 Å². The van der Waals surface area contributed by atoms with E-state index in [2.05, 4.69) is 61.7 Å². The third kappa shape index (κ3) is 2.95. The van der Waals surface area contributed by atoms with Crippen LogP contribution in [0.2, 0.25) is 0 Å². The second-order valence-corrected chi connectivity index (χ2v) is 7.64. The zero-order valence-electron chi connectivity index (χ0n) is 16.3. The fourth-order valence-electron chi connectivity index (χ4n) is 4.31. The van der Waals surface area contributed by atoms with Gasteiger partial charge in [-0.15, -0.1) is 10.2 Å². The minimum absolute atomic E-state index is 0.592. The van der Waals surface area contributed by atoms with Crippen molar-refractivity contribution in [1.82, 2.24) is 25.0 Å². The van der Waals surface area contributed by atoms with Crippen LogP contribution in [0.5, 0.6) is 0 Å². The SMILES string of the molecule is Cc1cc(C)n(-c2ccc(N3CCC(c4c[nH]c5ccccc45)CC3)nn2)n1. The molecule has 0 aliphatic carbocycles. The largest absolute Gasteiger partial charge is 0.361 e. The van der Waals surface area contributed by atoms with Crippen molar-refractivity contribution < 1.29 is 0 Å². The molecule has 3 aromatic heterocycles. The first kappa shape index (κ1) is 17.0. The van der Waals surface area contributed by atoms with Gasteiger partial charge in [0.1, 0.15) is 0 Å². The van der Waals surface area contributed by atoms with Crippen molar-refractivity contribution in [3.8, 4) is 5.82 Å². The number of aromatic amines is 1. The molecule has 0 radical (unpaired) electrons. The molecule has 1 aliphatic heterocycles. The van der Waals surface area contributed by atoms with E-state index >= 15 is 0 Å². The Bertz CT molecular complexity index is 1100. The number of anilines is 1. The summed E-state index contributed by atoms with van der Waals surface area (Å²) >= 11 is 0. The van der Waals surface area contributed by atoms with Crippen LogP contribution in [-0.4, -0.2) is 38.1 Å². The maximum absolute atomic E-state index is 4.48. The maximum atomic E-state index is 4.48. The normalized spacial score (nSPS) is 15.4. The smallest absolute Gasteiger partial charge is 0.176 e. The zero-order valence-corrected chi connectivity index (χ0v) is 16.3. The van der Waals surface area contributed by atoms with Gasteiger partial charge in [0.25, 0.3) is 0 Å². The van der Waals surface area contributed by atoms with E-state index in [9.17, 15) is 0 Å². The molecule has 142 valence electrons. The predicted molar refractivity (Wildman–Crippen MR) is 111 cm³/mol. The van der Waals surface area contributed by atoms with Gasteiger partial charge in [0.15, 0.2) is 11.6 Å². The maximum Gasteiger partial charge on any atom is 0.176 e. The first-order valence-corrected chi connectivity index (χ1v) is 9.87. The highest BCUT2D eigenvalue weighted by atomic mass is 15.4. The summed E-state index contributed by atoms with van der Waals surface area (Å²) in [7, 11) is 0. The first-order valence-electron chi connectivity index (χ1n) is 9.87. The molecule has 1 N–H and O–H groups in total. The molecule has 5 rings (SSSR count). The molecule has 1 aliphatic rings. The number of benzene rings is 1. The van der Waals surface area contributed by atoms with Crippen molar-refractivity contribution in [2.75, 3.05) is 18.0 Å². The van der Waals surface area contributed by atoms with E-state index < -0.39 is 0 Å². The van der Waals surface area contributed by atoms with Gasteiger partial charge >= 0.3 is 0 Å². The molecular formula is C22H24N6. The predicted octanol–water partition coefficient (Wildman–Crippen LogP) is 4.14. The molecule has 0 amide bonds. The van der Waals surface area contributed by atoms with E-state index in [-0.39, 0.29) is 0 Å². The molecule has 28 heavy (non-hydrogen) atoms. The molecule has 1 aromatic carbocycles. The second-order valence-electron chi connectivity index (χ2n) is 7.64. The van der Waals surface area contributed by atoms with Crippen molar-refractivity contribution in [1.29, 1.82) is 0 Å². The van der Waals surface area contributed by atoms with Crippen molar-refractivity contribution in [3.05, 3.63) is 65.6 Å². The van der Waals surface area contributed by atoms with Gasteiger partial charge in [-0.3, -0.25) is 0 Å². The Morgan fingerprint density at radius 2 is 1.71 bits per heavy atom. The Morgan fingerprint density at radius 1 is 0.964 bits per heavy atom. The van der Waals surface area contributed by atoms with E-state index in [1.807, 2.05) is 30.7 Å². The minimum Gasteiger partial charge on any atom is -0.361 e. The lowest BCUT2D eigenvalue weighted by atomic mass is 9.89. The molecular weight excluding hydrogens is 348 g/mol. The molecule has 1 saturated heterocycles. The summed E-state index contributed by atoms with van der Waals surface area (Å²) < 4.78 is 1.84. The van der Waals surface area contributed by atoms with Crippen LogP contribution in [0, 0.1) is 13.8 Å². The summed E-state index contributed by atoms with van der Waals surface area (Å²) in [5.41, 5.74) is 4.73. The fraction of sp³-hybridized carbons (Fsp3) is 0.318. The van der Waals surface area contributed by atoms with Crippen LogP contribution >= 0.6 is 0 Å². The second kappa shape index (κ2) is 6.78. The van der Waals surface area contributed by atoms with Gasteiger partial charge in [0.05, 0.1) is 5.69 Å². The lowest BCUT2D eigenvalue weighted by Crippen LogP contribution is -2.33. The Morgan fingerprint density at radius 3 is 2.43 bits per heavy atom. The summed E-state index contributed by atoms with van der Waals surface area (Å²) in [5, 5.41) is 14.7. The topological polar surface area (TPSA) is 62.6 Å². The quantitative estimate of drug-likeness (QED) is 0.587. The zero-order chi connectivity index (χ0) is 19.1. The van der Waals surface area contributed by atoms with E-state index in [0.717, 1.165) is 49.0 Å². The summed E-state index contributed by atoms with van der Waals surface area (Å²) in [6, 6.07) is 14.7. The summed E-state index contributed by atoms with van der Waals surface area (Å²) in [6.45, 7) is 6.02. The lowest BCUT2D eigenvalue weighted by Gasteiger charge is -2.32. The van der Waals surface area contributed by atoms with Gasteiger partial charge in [-0.05, 0) is 62.4 Å². The average molecular weight is 372 g/mol. The Balaban J connectivity index is 1.30. The van der Waals surface area contributed by atoms with Crippen molar-refractivity contribution in [2.45, 2.75) is 32.6 Å². The van der Waals surface area contributed by atoms with E-state index in [1.165, 1.54) is 16.5 Å². The first-order chi connectivity index (χ1) is 13.7. The molecule has 6 nitrogen and oxygen atoms in total. The molecule has 0 atom stereocenters. The summed E-state index contributed by atoms with van der Waals surface area (Å²) in [5.74, 6) is 2.31. The highest BCUT2D eigenvalue weighted by Gasteiger charge is 2.23. The van der Waals surface area contributed by atoms with Crippen LogP contribution in [0.4, 0.5) is 5.82 Å². The summed E-state index contributed by atoms with van der Waals surface area (Å²) in [4.78, 5) is 5.75. The number of fused-ring (bicyclic) bond motifs is 1. The van der Waals surface area contributed by atoms with Gasteiger partial charge in [-0.25, -0.2) is 4.68 Å². The molecule has 6 heteroatoms. The molecule has 0 spiro atoms. The number of hydrogen-bond acceptors (Lipinski definition) is 4. The van der Waals surface area contributed by atoms with Crippen LogP contribution in [0.15, 0.2) is 48.7 Å². The third-order valence-electron chi connectivity index (χ3n) is 5.74. The number of piperidine rings is 1. The number of nitrogens with one attached hydrogen (secondary N) is 1. The van der Waals surface area contributed by atoms with Crippen molar-refractivity contribution in [3.63, 3.8) is 0 Å². The molecule has 1 fully saturated rings. The number of nitrogens with zero attached hydrogens (tertiary/aromatic N) is 5. The van der Waals surface area contributed by atoms with Crippen LogP contribution in [0.3, 0.4) is 0 Å². The standard InChI is InChI=1S/C22H24N6/c1-15-13-16(2)28(26-15)22-8-7-21(24-25-22)27-11-9-17(10-12-27)19-14-23-20-6-4-3-5-18(19)20/h3-8,13-14,17,23H,9-12H2,1-2H3. The molecule has 4 heterocycles. The fourth-order valence-corrected chi connectivity index (χ4v) is 4.31. The minimum atomic E-state index is 0.592. The molecule has 0 saturated carbocycles. The molecule has 4 aromatic rings. The van der Waals surface area contributed by atoms with Gasteiger partial charge in [0, 0.05) is 35.9 Å². The van der Waals surface area contributed by atoms with Gasteiger partial charge in [-0.2, -0.15) is 5.10 Å². The molecule has 0 unspecified atom stereocenters. The number of aromatic nitrogens is 5. The number of rotatable bonds is 3. The Kier molecular flexibility index (Phi) is 4.11. The van der Waals surface area contributed by atoms with Crippen LogP contribution in [-0.2, 0) is 0 Å². The van der Waals surface area contributed by atoms with Crippen molar-refractivity contribution >= 4 is 16.7 Å². The van der Waals surface area contributed by atoms with E-state index in [1.54, 1.807) is 0 Å². The lowest BCUT2D eigenvalue weighted by molar-refractivity contribution is 0.503. The van der Waals surface area contributed by atoms with Crippen LogP contribution < -0.4 is 4.90 Å². The average Bonchev–Trinajstić information content (AvgIpc) is 3.31. The third-order valence-corrected chi connectivity index (χ3v) is 5.74. The van der Waals surface area contributed by atoms with E-state index in [0.29, 0.717) is 5.92 Å². The van der Waals surface area contributed by atoms with Gasteiger partial charge in [0.2, 0.25) is 0 Å². The van der Waals surface area contributed by atoms with Gasteiger partial charge in [-0.1, -0.05) is 18.2 Å². The van der Waals surface area contributed by atoms with Gasteiger partial charge < -0.3 is 9.88 Å². The Hall–Kier alpha value is -3.15. The van der Waals surface area contributed by atoms with Crippen molar-refractivity contribution in [2.24, 2.45) is 0 Å². The number of aryl methyl sites for hydroxylation is 2. The summed E-state index contributed by atoms with van der Waals surface area (Å²) in [6.07, 6.45) is 4.44. The monoisotopic (exact) mass is 372 g/mol. The van der Waals surface area contributed by atoms with Crippen LogP contribution in [0.1, 0.15) is 35.7 Å². The highest BCUT2D eigenvalue weighted by Crippen LogP contribution is 2.34. The Labute approximate surface area is 164 Å².